The number of benzene rings is 3. The number of piperazine rings is 1. The van der Waals surface area contributed by atoms with Crippen molar-refractivity contribution in [2.45, 2.75) is 13.2 Å². The third-order valence-electron chi connectivity index (χ3n) is 5.64. The third kappa shape index (κ3) is 6.84. The van der Waals surface area contributed by atoms with Crippen molar-refractivity contribution < 1.29 is 9.53 Å². The van der Waals surface area contributed by atoms with Crippen LogP contribution in [-0.4, -0.2) is 41.9 Å². The van der Waals surface area contributed by atoms with Crippen LogP contribution in [0, 0.1) is 0 Å². The molecule has 0 saturated carbocycles. The van der Waals surface area contributed by atoms with Gasteiger partial charge in [0.05, 0.1) is 0 Å². The molecule has 0 atom stereocenters. The molecule has 4 rings (SSSR count). The molecule has 33 heavy (non-hydrogen) atoms. The average Bonchev–Trinajstić information content (AvgIpc) is 2.84. The first-order chi connectivity index (χ1) is 16.1. The molecule has 0 aliphatic carbocycles. The number of rotatable bonds is 7. The van der Waals surface area contributed by atoms with Gasteiger partial charge in [0, 0.05) is 54.4 Å². The first kappa shape index (κ1) is 23.4. The van der Waals surface area contributed by atoms with Crippen LogP contribution in [0.15, 0.2) is 78.9 Å². The third-order valence-corrected chi connectivity index (χ3v) is 6.23. The molecule has 0 bridgehead atoms. The highest BCUT2D eigenvalue weighted by molar-refractivity contribution is 6.35. The van der Waals surface area contributed by atoms with Crippen LogP contribution in [0.3, 0.4) is 0 Å². The minimum Gasteiger partial charge on any atom is -0.489 e. The van der Waals surface area contributed by atoms with Gasteiger partial charge in [0.1, 0.15) is 12.4 Å². The predicted octanol–water partition coefficient (Wildman–Crippen LogP) is 5.93. The number of carbonyl (C=O) groups is 1. The molecule has 1 fully saturated rings. The van der Waals surface area contributed by atoms with Gasteiger partial charge in [-0.3, -0.25) is 9.69 Å². The summed E-state index contributed by atoms with van der Waals surface area (Å²) >= 11 is 12.1. The van der Waals surface area contributed by atoms with Gasteiger partial charge in [-0.2, -0.15) is 0 Å². The fourth-order valence-electron chi connectivity index (χ4n) is 3.72. The Morgan fingerprint density at radius 2 is 1.64 bits per heavy atom. The number of nitrogens with zero attached hydrogens (tertiary/aromatic N) is 2. The lowest BCUT2D eigenvalue weighted by Gasteiger charge is -2.34. The second-order valence-electron chi connectivity index (χ2n) is 8.01. The summed E-state index contributed by atoms with van der Waals surface area (Å²) in [4.78, 5) is 16.9. The molecule has 3 aromatic carbocycles. The van der Waals surface area contributed by atoms with Gasteiger partial charge < -0.3 is 9.64 Å². The molecule has 4 nitrogen and oxygen atoms in total. The number of hydrogen-bond donors (Lipinski definition) is 0. The van der Waals surface area contributed by atoms with Crippen LogP contribution in [0.4, 0.5) is 0 Å². The summed E-state index contributed by atoms with van der Waals surface area (Å²) in [6, 6.07) is 23.4. The smallest absolute Gasteiger partial charge is 0.246 e. The van der Waals surface area contributed by atoms with Gasteiger partial charge in [0.15, 0.2) is 0 Å². The maximum absolute atomic E-state index is 12.6. The van der Waals surface area contributed by atoms with Gasteiger partial charge in [-0.25, -0.2) is 0 Å². The first-order valence-corrected chi connectivity index (χ1v) is 11.7. The Labute approximate surface area is 205 Å². The van der Waals surface area contributed by atoms with Crippen molar-refractivity contribution in [3.8, 4) is 5.75 Å². The summed E-state index contributed by atoms with van der Waals surface area (Å²) in [5.74, 6) is 0.783. The molecule has 1 amide bonds. The van der Waals surface area contributed by atoms with E-state index in [1.54, 1.807) is 18.2 Å². The average molecular weight is 481 g/mol. The topological polar surface area (TPSA) is 32.8 Å². The maximum Gasteiger partial charge on any atom is 0.246 e. The minimum atomic E-state index is 0.0482. The zero-order valence-electron chi connectivity index (χ0n) is 18.3. The molecule has 0 radical (unpaired) electrons. The first-order valence-electron chi connectivity index (χ1n) is 11.0. The van der Waals surface area contributed by atoms with Gasteiger partial charge in [-0.05, 0) is 41.5 Å². The summed E-state index contributed by atoms with van der Waals surface area (Å²) in [6.07, 6.45) is 3.49. The second-order valence-corrected chi connectivity index (χ2v) is 8.86. The van der Waals surface area contributed by atoms with E-state index in [1.807, 2.05) is 47.4 Å². The lowest BCUT2D eigenvalue weighted by Crippen LogP contribution is -2.47. The summed E-state index contributed by atoms with van der Waals surface area (Å²) in [5.41, 5.74) is 3.13. The highest BCUT2D eigenvalue weighted by atomic mass is 35.5. The number of amides is 1. The molecule has 1 aliphatic rings. The van der Waals surface area contributed by atoms with Crippen molar-refractivity contribution in [1.29, 1.82) is 0 Å². The number of halogens is 2. The van der Waals surface area contributed by atoms with Crippen LogP contribution in [0.25, 0.3) is 6.08 Å². The zero-order chi connectivity index (χ0) is 23.0. The van der Waals surface area contributed by atoms with Crippen LogP contribution >= 0.6 is 23.2 Å². The minimum absolute atomic E-state index is 0.0482. The van der Waals surface area contributed by atoms with Crippen molar-refractivity contribution in [1.82, 2.24) is 9.80 Å². The van der Waals surface area contributed by atoms with Crippen molar-refractivity contribution in [3.63, 3.8) is 0 Å². The van der Waals surface area contributed by atoms with E-state index in [9.17, 15) is 4.79 Å². The summed E-state index contributed by atoms with van der Waals surface area (Å²) < 4.78 is 5.81. The molecule has 0 spiro atoms. The molecule has 3 aromatic rings. The van der Waals surface area contributed by atoms with E-state index in [-0.39, 0.29) is 5.91 Å². The number of ether oxygens (including phenoxy) is 1. The molecule has 1 aliphatic heterocycles. The number of hydrogen-bond acceptors (Lipinski definition) is 3. The monoisotopic (exact) mass is 480 g/mol. The van der Waals surface area contributed by atoms with Gasteiger partial charge in [0.25, 0.3) is 0 Å². The van der Waals surface area contributed by atoms with Crippen molar-refractivity contribution in [2.75, 3.05) is 26.2 Å². The Balaban J connectivity index is 1.23. The maximum atomic E-state index is 12.6. The fraction of sp³-hybridized carbons (Fsp3) is 0.222. The molecular formula is C27H26Cl2N2O2. The molecule has 0 unspecified atom stereocenters. The SMILES string of the molecule is O=C(C=Cc1ccc(OCc2ccc(Cl)cc2Cl)cc1)N1CCN(Cc2ccccc2)CC1. The fourth-order valence-corrected chi connectivity index (χ4v) is 4.18. The van der Waals surface area contributed by atoms with E-state index < -0.39 is 0 Å². The molecule has 0 aromatic heterocycles. The summed E-state index contributed by atoms with van der Waals surface area (Å²) in [5, 5.41) is 1.19. The van der Waals surface area contributed by atoms with Gasteiger partial charge in [-0.1, -0.05) is 71.7 Å². The van der Waals surface area contributed by atoms with Crippen LogP contribution in [0.1, 0.15) is 16.7 Å². The largest absolute Gasteiger partial charge is 0.489 e. The quantitative estimate of drug-likeness (QED) is 0.392. The van der Waals surface area contributed by atoms with E-state index in [0.717, 1.165) is 49.6 Å². The van der Waals surface area contributed by atoms with Gasteiger partial charge in [-0.15, -0.1) is 0 Å². The van der Waals surface area contributed by atoms with Crippen LogP contribution in [0.5, 0.6) is 5.75 Å². The molecule has 6 heteroatoms. The zero-order valence-corrected chi connectivity index (χ0v) is 19.8. The molecule has 1 saturated heterocycles. The van der Waals surface area contributed by atoms with Crippen molar-refractivity contribution in [2.24, 2.45) is 0 Å². The van der Waals surface area contributed by atoms with Crippen molar-refractivity contribution >= 4 is 35.2 Å². The van der Waals surface area contributed by atoms with Crippen LogP contribution < -0.4 is 4.74 Å². The Bertz CT molecular complexity index is 1090. The molecular weight excluding hydrogens is 455 g/mol. The standard InChI is InChI=1S/C27H26Cl2N2O2/c28-24-10-9-23(26(29)18-24)20-33-25-11-6-21(7-12-25)8-13-27(32)31-16-14-30(15-17-31)19-22-4-2-1-3-5-22/h1-13,18H,14-17,19-20H2. The molecule has 0 N–H and O–H groups in total. The predicted molar refractivity (Wildman–Crippen MR) is 135 cm³/mol. The lowest BCUT2D eigenvalue weighted by molar-refractivity contribution is -0.127. The lowest BCUT2D eigenvalue weighted by atomic mass is 10.2. The van der Waals surface area contributed by atoms with Gasteiger partial charge in [0.2, 0.25) is 5.91 Å². The highest BCUT2D eigenvalue weighted by Crippen LogP contribution is 2.23. The van der Waals surface area contributed by atoms with Crippen molar-refractivity contribution in [3.05, 3.63) is 106 Å². The summed E-state index contributed by atoms with van der Waals surface area (Å²) in [7, 11) is 0. The van der Waals surface area contributed by atoms with Gasteiger partial charge >= 0.3 is 0 Å². The Morgan fingerprint density at radius 1 is 0.909 bits per heavy atom. The van der Waals surface area contributed by atoms with E-state index in [1.165, 1.54) is 5.56 Å². The number of carbonyl (C=O) groups excluding carboxylic acids is 1. The normalized spacial score (nSPS) is 14.5. The van der Waals surface area contributed by atoms with E-state index in [2.05, 4.69) is 29.2 Å². The highest BCUT2D eigenvalue weighted by Gasteiger charge is 2.19. The molecule has 1 heterocycles. The van der Waals surface area contributed by atoms with E-state index in [4.69, 9.17) is 27.9 Å². The van der Waals surface area contributed by atoms with E-state index >= 15 is 0 Å². The summed E-state index contributed by atoms with van der Waals surface area (Å²) in [6.45, 7) is 4.56. The van der Waals surface area contributed by atoms with E-state index in [0.29, 0.717) is 16.7 Å². The Kier molecular flexibility index (Phi) is 8.05. The van der Waals surface area contributed by atoms with Crippen LogP contribution in [-0.2, 0) is 17.9 Å². The van der Waals surface area contributed by atoms with Crippen LogP contribution in [0.2, 0.25) is 10.0 Å². The second kappa shape index (κ2) is 11.4. The Morgan fingerprint density at radius 3 is 2.33 bits per heavy atom. The molecule has 170 valence electrons. The Hall–Kier alpha value is -2.79.